The lowest BCUT2D eigenvalue weighted by molar-refractivity contribution is -0.870. The maximum Gasteiger partial charge on any atom is 0.306 e. The summed E-state index contributed by atoms with van der Waals surface area (Å²) in [6.45, 7) is 4.55. The van der Waals surface area contributed by atoms with Crippen molar-refractivity contribution in [1.82, 2.24) is 0 Å². The number of esters is 2. The first-order valence-corrected chi connectivity index (χ1v) is 27.1. The van der Waals surface area contributed by atoms with Crippen molar-refractivity contribution in [3.8, 4) is 0 Å². The highest BCUT2D eigenvalue weighted by molar-refractivity contribution is 5.70. The molecule has 0 aliphatic carbocycles. The summed E-state index contributed by atoms with van der Waals surface area (Å²) < 4.78 is 22.6. The zero-order valence-electron chi connectivity index (χ0n) is 43.8. The van der Waals surface area contributed by atoms with Gasteiger partial charge >= 0.3 is 11.9 Å². The summed E-state index contributed by atoms with van der Waals surface area (Å²) in [5.74, 6) is -2.30. The van der Waals surface area contributed by atoms with Crippen molar-refractivity contribution < 1.29 is 42.9 Å². The molecule has 0 aliphatic rings. The molecular formula is C58H101NO8. The van der Waals surface area contributed by atoms with Crippen molar-refractivity contribution in [3.63, 3.8) is 0 Å². The molecule has 0 bridgehead atoms. The summed E-state index contributed by atoms with van der Waals surface area (Å²) in [6, 6.07) is 0. The smallest absolute Gasteiger partial charge is 0.306 e. The highest BCUT2D eigenvalue weighted by Gasteiger charge is 2.22. The standard InChI is InChI=1S/C58H101NO8/c1-6-8-10-12-14-16-18-20-21-22-23-24-25-26-27-28-29-30-31-32-33-34-35-37-39-41-43-45-47-49-56(61)67-54(53-66-58(57(62)63)64-51-50-59(3,4)5)52-65-55(60)48-46-44-42-40-38-36-19-17-15-13-11-9-7-2/h8,10-11,13-14,16-17,19-21,23-24,54,58H,6-7,9,12,15,18,22,25-53H2,1-5H3/b10-8-,13-11-,16-14-,19-17-,21-20-,24-23-. The maximum absolute atomic E-state index is 12.8. The van der Waals surface area contributed by atoms with E-state index in [1.165, 1.54) is 89.9 Å². The van der Waals surface area contributed by atoms with Crippen molar-refractivity contribution in [1.29, 1.82) is 0 Å². The minimum absolute atomic E-state index is 0.143. The van der Waals surface area contributed by atoms with Gasteiger partial charge in [0.05, 0.1) is 40.3 Å². The molecule has 2 atom stereocenters. The fraction of sp³-hybridized carbons (Fsp3) is 0.741. The number of aliphatic carboxylic acids is 1. The Bertz CT molecular complexity index is 1330. The van der Waals surface area contributed by atoms with Crippen molar-refractivity contribution in [2.24, 2.45) is 0 Å². The number of allylic oxidation sites excluding steroid dienone is 12. The number of carbonyl (C=O) groups excluding carboxylic acids is 3. The molecule has 0 aromatic rings. The Balaban J connectivity index is 4.18. The van der Waals surface area contributed by atoms with Crippen LogP contribution in [0.1, 0.15) is 219 Å². The third-order valence-electron chi connectivity index (χ3n) is 11.4. The number of quaternary nitrogens is 1. The Kier molecular flexibility index (Phi) is 46.8. The highest BCUT2D eigenvalue weighted by atomic mass is 16.7. The number of hydrogen-bond acceptors (Lipinski definition) is 8. The lowest BCUT2D eigenvalue weighted by atomic mass is 10.0. The van der Waals surface area contributed by atoms with Gasteiger partial charge in [-0.2, -0.15) is 0 Å². The second-order valence-corrected chi connectivity index (χ2v) is 19.1. The zero-order chi connectivity index (χ0) is 49.2. The second kappa shape index (κ2) is 49.2. The Morgan fingerprint density at radius 1 is 0.463 bits per heavy atom. The number of likely N-dealkylation sites (N-methyl/N-ethyl adjacent to an activating group) is 1. The van der Waals surface area contributed by atoms with E-state index in [1.807, 2.05) is 21.1 Å². The highest BCUT2D eigenvalue weighted by Crippen LogP contribution is 2.16. The van der Waals surface area contributed by atoms with Gasteiger partial charge in [0.1, 0.15) is 13.2 Å². The summed E-state index contributed by atoms with van der Waals surface area (Å²) in [5, 5.41) is 11.7. The van der Waals surface area contributed by atoms with Crippen LogP contribution in [-0.4, -0.2) is 82.3 Å². The van der Waals surface area contributed by atoms with Crippen LogP contribution >= 0.6 is 0 Å². The predicted octanol–water partition coefficient (Wildman–Crippen LogP) is 14.1. The molecule has 0 saturated carbocycles. The number of carboxylic acid groups (broad SMARTS) is 1. The predicted molar refractivity (Wildman–Crippen MR) is 278 cm³/mol. The topological polar surface area (TPSA) is 111 Å². The van der Waals surface area contributed by atoms with Gasteiger partial charge in [0.2, 0.25) is 0 Å². The Labute approximate surface area is 411 Å². The summed E-state index contributed by atoms with van der Waals surface area (Å²) in [4.78, 5) is 37.1. The maximum atomic E-state index is 12.8. The van der Waals surface area contributed by atoms with Gasteiger partial charge in [-0.1, -0.05) is 202 Å². The molecule has 0 rings (SSSR count). The molecule has 386 valence electrons. The van der Waals surface area contributed by atoms with Gasteiger partial charge < -0.3 is 33.3 Å². The van der Waals surface area contributed by atoms with Crippen molar-refractivity contribution in [2.45, 2.75) is 232 Å². The monoisotopic (exact) mass is 940 g/mol. The van der Waals surface area contributed by atoms with Crippen LogP contribution in [-0.2, 0) is 33.3 Å². The van der Waals surface area contributed by atoms with E-state index in [4.69, 9.17) is 18.9 Å². The summed E-state index contributed by atoms with van der Waals surface area (Å²) >= 11 is 0. The molecule has 0 heterocycles. The van der Waals surface area contributed by atoms with Gasteiger partial charge in [0.25, 0.3) is 0 Å². The molecule has 9 nitrogen and oxygen atoms in total. The number of hydrogen-bond donors (Lipinski definition) is 0. The minimum atomic E-state index is -1.63. The largest absolute Gasteiger partial charge is 0.545 e. The van der Waals surface area contributed by atoms with Crippen LogP contribution in [0.5, 0.6) is 0 Å². The number of ether oxygens (including phenoxy) is 4. The van der Waals surface area contributed by atoms with Crippen molar-refractivity contribution in [3.05, 3.63) is 72.9 Å². The number of carbonyl (C=O) groups is 3. The molecular weight excluding hydrogens is 839 g/mol. The molecule has 0 radical (unpaired) electrons. The number of unbranched alkanes of at least 4 members (excludes halogenated alkanes) is 22. The van der Waals surface area contributed by atoms with E-state index in [-0.39, 0.29) is 38.6 Å². The number of carboxylic acids is 1. The molecule has 2 unspecified atom stereocenters. The number of nitrogens with zero attached hydrogens (tertiary/aromatic N) is 1. The summed E-state index contributed by atoms with van der Waals surface area (Å²) in [7, 11) is 5.91. The first kappa shape index (κ1) is 63.7. The van der Waals surface area contributed by atoms with Crippen LogP contribution in [0.25, 0.3) is 0 Å². The van der Waals surface area contributed by atoms with E-state index in [0.29, 0.717) is 17.4 Å². The molecule has 0 aromatic carbocycles. The zero-order valence-corrected chi connectivity index (χ0v) is 43.8. The third-order valence-corrected chi connectivity index (χ3v) is 11.4. The lowest BCUT2D eigenvalue weighted by Gasteiger charge is -2.26. The normalized spacial score (nSPS) is 13.4. The number of rotatable bonds is 49. The molecule has 0 aliphatic heterocycles. The average molecular weight is 940 g/mol. The van der Waals surface area contributed by atoms with E-state index in [2.05, 4.69) is 86.8 Å². The minimum Gasteiger partial charge on any atom is -0.545 e. The average Bonchev–Trinajstić information content (AvgIpc) is 3.29. The molecule has 0 spiro atoms. The molecule has 0 fully saturated rings. The van der Waals surface area contributed by atoms with E-state index >= 15 is 0 Å². The molecule has 0 N–H and O–H groups in total. The Hall–Kier alpha value is -3.27. The van der Waals surface area contributed by atoms with Crippen LogP contribution in [0.4, 0.5) is 0 Å². The van der Waals surface area contributed by atoms with E-state index in [0.717, 1.165) is 96.3 Å². The fourth-order valence-electron chi connectivity index (χ4n) is 7.27. The van der Waals surface area contributed by atoms with Crippen LogP contribution in [0.3, 0.4) is 0 Å². The summed E-state index contributed by atoms with van der Waals surface area (Å²) in [5.41, 5.74) is 0. The molecule has 0 aromatic heterocycles. The van der Waals surface area contributed by atoms with Crippen LogP contribution < -0.4 is 5.11 Å². The van der Waals surface area contributed by atoms with Crippen molar-refractivity contribution in [2.75, 3.05) is 47.5 Å². The first-order chi connectivity index (χ1) is 32.6. The Morgan fingerprint density at radius 3 is 1.27 bits per heavy atom. The van der Waals surface area contributed by atoms with Gasteiger partial charge in [-0.15, -0.1) is 0 Å². The van der Waals surface area contributed by atoms with Crippen LogP contribution in [0, 0.1) is 0 Å². The van der Waals surface area contributed by atoms with E-state index < -0.39 is 24.3 Å². The van der Waals surface area contributed by atoms with Gasteiger partial charge in [0, 0.05) is 12.8 Å². The molecule has 0 saturated heterocycles. The fourth-order valence-corrected chi connectivity index (χ4v) is 7.27. The van der Waals surface area contributed by atoms with Gasteiger partial charge in [0.15, 0.2) is 12.4 Å². The molecule has 0 amide bonds. The Morgan fingerprint density at radius 2 is 0.851 bits per heavy atom. The van der Waals surface area contributed by atoms with Crippen LogP contribution in [0.15, 0.2) is 72.9 Å². The third kappa shape index (κ3) is 50.4. The van der Waals surface area contributed by atoms with E-state index in [1.54, 1.807) is 0 Å². The SMILES string of the molecule is CC/C=C\C/C=C\C/C=C\C/C=C\CCCCCCCCCCCCCCCCCCC(=O)OC(COC(=O)CCCCCCC/C=C\C/C=C\CCC)COC(OCC[N+](C)(C)C)C(=O)[O-]. The van der Waals surface area contributed by atoms with Crippen LogP contribution in [0.2, 0.25) is 0 Å². The quantitative estimate of drug-likeness (QED) is 0.0195. The lowest BCUT2D eigenvalue weighted by Crippen LogP contribution is -2.44. The molecule has 9 heteroatoms. The first-order valence-electron chi connectivity index (χ1n) is 27.1. The van der Waals surface area contributed by atoms with Gasteiger partial charge in [-0.25, -0.2) is 0 Å². The van der Waals surface area contributed by atoms with E-state index in [9.17, 15) is 19.5 Å². The van der Waals surface area contributed by atoms with Gasteiger partial charge in [-0.05, 0) is 77.0 Å². The van der Waals surface area contributed by atoms with Crippen molar-refractivity contribution >= 4 is 17.9 Å². The molecule has 67 heavy (non-hydrogen) atoms. The van der Waals surface area contributed by atoms with Gasteiger partial charge in [-0.3, -0.25) is 9.59 Å². The second-order valence-electron chi connectivity index (χ2n) is 19.1. The summed E-state index contributed by atoms with van der Waals surface area (Å²) in [6.07, 6.45) is 59.5.